The predicted octanol–water partition coefficient (Wildman–Crippen LogP) is 3.74. The van der Waals surface area contributed by atoms with Crippen molar-refractivity contribution in [2.24, 2.45) is 0 Å². The normalized spacial score (nSPS) is 10.8. The molecule has 128 valence electrons. The van der Waals surface area contributed by atoms with Crippen LogP contribution < -0.4 is 0 Å². The lowest BCUT2D eigenvalue weighted by atomic mass is 10.1. The van der Waals surface area contributed by atoms with E-state index in [0.717, 1.165) is 34.5 Å². The van der Waals surface area contributed by atoms with E-state index in [0.29, 0.717) is 5.89 Å². The van der Waals surface area contributed by atoms with E-state index in [1.54, 1.807) is 0 Å². The minimum atomic E-state index is -0.298. The fourth-order valence-electron chi connectivity index (χ4n) is 2.44. The van der Waals surface area contributed by atoms with Gasteiger partial charge in [-0.05, 0) is 38.1 Å². The Kier molecular flexibility index (Phi) is 4.76. The van der Waals surface area contributed by atoms with Crippen LogP contribution in [0.5, 0.6) is 11.5 Å². The Labute approximate surface area is 148 Å². The quantitative estimate of drug-likeness (QED) is 0.531. The molecule has 0 amide bonds. The van der Waals surface area contributed by atoms with E-state index in [1.165, 1.54) is 12.1 Å². The number of hydrogen-bond acceptors (Lipinski definition) is 7. The number of aryl methyl sites for hydroxylation is 2. The van der Waals surface area contributed by atoms with Crippen molar-refractivity contribution >= 4 is 17.5 Å². The molecule has 0 aliphatic heterocycles. The number of phenolic OH excluding ortho intramolecular Hbond substituents is 2. The molecular formula is C18H16N2O4S. The first-order chi connectivity index (χ1) is 11.9. The molecule has 1 heterocycles. The Balaban J connectivity index is 1.70. The van der Waals surface area contributed by atoms with Crippen molar-refractivity contribution in [1.82, 2.24) is 10.2 Å². The molecule has 0 spiro atoms. The van der Waals surface area contributed by atoms with Gasteiger partial charge >= 0.3 is 0 Å². The van der Waals surface area contributed by atoms with Crippen LogP contribution in [0, 0.1) is 13.8 Å². The highest BCUT2D eigenvalue weighted by Crippen LogP contribution is 2.27. The summed E-state index contributed by atoms with van der Waals surface area (Å²) >= 11 is 1.10. The predicted molar refractivity (Wildman–Crippen MR) is 94.0 cm³/mol. The molecule has 0 radical (unpaired) electrons. The number of carbonyl (C=O) groups is 1. The standard InChI is InChI=1S/C18H16N2O4S/c1-10-5-11(2)7-12(6-10)17-19-20-18(24-17)25-9-16(23)14-4-3-13(21)8-15(14)22/h3-8,21-22H,9H2,1-2H3. The summed E-state index contributed by atoms with van der Waals surface area (Å²) in [4.78, 5) is 12.2. The van der Waals surface area contributed by atoms with Crippen molar-refractivity contribution in [3.05, 3.63) is 53.1 Å². The summed E-state index contributed by atoms with van der Waals surface area (Å²) in [5.41, 5.74) is 3.17. The van der Waals surface area contributed by atoms with E-state index in [-0.39, 0.29) is 33.8 Å². The van der Waals surface area contributed by atoms with Crippen LogP contribution >= 0.6 is 11.8 Å². The van der Waals surface area contributed by atoms with Gasteiger partial charge in [0, 0.05) is 11.6 Å². The molecule has 0 fully saturated rings. The van der Waals surface area contributed by atoms with Gasteiger partial charge in [-0.3, -0.25) is 4.79 Å². The van der Waals surface area contributed by atoms with E-state index in [4.69, 9.17) is 4.42 Å². The third-order valence-electron chi connectivity index (χ3n) is 3.48. The van der Waals surface area contributed by atoms with Crippen molar-refractivity contribution in [2.75, 3.05) is 5.75 Å². The van der Waals surface area contributed by atoms with Gasteiger partial charge in [0.2, 0.25) is 5.89 Å². The lowest BCUT2D eigenvalue weighted by Gasteiger charge is -2.03. The number of aromatic hydroxyl groups is 2. The van der Waals surface area contributed by atoms with Crippen LogP contribution in [-0.2, 0) is 0 Å². The monoisotopic (exact) mass is 356 g/mol. The number of ketones is 1. The molecule has 1 aromatic heterocycles. The van der Waals surface area contributed by atoms with Crippen molar-refractivity contribution < 1.29 is 19.4 Å². The van der Waals surface area contributed by atoms with E-state index in [9.17, 15) is 15.0 Å². The highest BCUT2D eigenvalue weighted by atomic mass is 32.2. The summed E-state index contributed by atoms with van der Waals surface area (Å²) < 4.78 is 5.60. The van der Waals surface area contributed by atoms with Crippen LogP contribution in [0.25, 0.3) is 11.5 Å². The summed E-state index contributed by atoms with van der Waals surface area (Å²) in [5.74, 6) is -0.223. The number of phenols is 2. The summed E-state index contributed by atoms with van der Waals surface area (Å²) in [7, 11) is 0. The fraction of sp³-hybridized carbons (Fsp3) is 0.167. The van der Waals surface area contributed by atoms with Crippen LogP contribution in [0.3, 0.4) is 0 Å². The van der Waals surface area contributed by atoms with E-state index in [1.807, 2.05) is 26.0 Å². The third kappa shape index (κ3) is 4.00. The van der Waals surface area contributed by atoms with Crippen molar-refractivity contribution in [3.8, 4) is 23.0 Å². The number of nitrogens with zero attached hydrogens (tertiary/aromatic N) is 2. The molecule has 2 aromatic carbocycles. The first-order valence-corrected chi connectivity index (χ1v) is 8.51. The van der Waals surface area contributed by atoms with Crippen LogP contribution in [0.15, 0.2) is 46.0 Å². The number of aromatic nitrogens is 2. The molecule has 0 aliphatic carbocycles. The second-order valence-corrected chi connectivity index (χ2v) is 6.59. The summed E-state index contributed by atoms with van der Waals surface area (Å²) in [6.07, 6.45) is 0. The molecule has 0 saturated carbocycles. The van der Waals surface area contributed by atoms with Crippen LogP contribution in [0.2, 0.25) is 0 Å². The Bertz CT molecular complexity index is 916. The van der Waals surface area contributed by atoms with Gasteiger partial charge in [0.05, 0.1) is 11.3 Å². The maximum absolute atomic E-state index is 12.2. The van der Waals surface area contributed by atoms with Crippen LogP contribution in [0.1, 0.15) is 21.5 Å². The number of carbonyl (C=O) groups excluding carboxylic acids is 1. The molecular weight excluding hydrogens is 340 g/mol. The molecule has 25 heavy (non-hydrogen) atoms. The zero-order chi connectivity index (χ0) is 18.0. The molecule has 7 heteroatoms. The number of Topliss-reactive ketones (excluding diaryl/α,β-unsaturated/α-hetero) is 1. The topological polar surface area (TPSA) is 96.5 Å². The average Bonchev–Trinajstić information content (AvgIpc) is 3.00. The van der Waals surface area contributed by atoms with Gasteiger partial charge in [0.15, 0.2) is 5.78 Å². The first kappa shape index (κ1) is 17.0. The second kappa shape index (κ2) is 6.98. The Morgan fingerprint density at radius 3 is 2.48 bits per heavy atom. The van der Waals surface area contributed by atoms with E-state index < -0.39 is 0 Å². The number of benzene rings is 2. The van der Waals surface area contributed by atoms with Crippen molar-refractivity contribution in [1.29, 1.82) is 0 Å². The van der Waals surface area contributed by atoms with Gasteiger partial charge in [0.25, 0.3) is 5.22 Å². The zero-order valence-electron chi connectivity index (χ0n) is 13.7. The summed E-state index contributed by atoms with van der Waals surface area (Å²) in [6, 6.07) is 9.81. The highest BCUT2D eigenvalue weighted by Gasteiger charge is 2.15. The fourth-order valence-corrected chi connectivity index (χ4v) is 3.09. The SMILES string of the molecule is Cc1cc(C)cc(-c2nnc(SCC(=O)c3ccc(O)cc3O)o2)c1. The first-order valence-electron chi connectivity index (χ1n) is 7.52. The van der Waals surface area contributed by atoms with E-state index >= 15 is 0 Å². The van der Waals surface area contributed by atoms with Crippen LogP contribution in [0.4, 0.5) is 0 Å². The molecule has 0 bridgehead atoms. The summed E-state index contributed by atoms with van der Waals surface area (Å²) in [6.45, 7) is 3.98. The Hall–Kier alpha value is -2.80. The van der Waals surface area contributed by atoms with Crippen molar-refractivity contribution in [2.45, 2.75) is 19.1 Å². The average molecular weight is 356 g/mol. The number of rotatable bonds is 5. The largest absolute Gasteiger partial charge is 0.508 e. The molecule has 3 rings (SSSR count). The Morgan fingerprint density at radius 1 is 1.08 bits per heavy atom. The number of hydrogen-bond donors (Lipinski definition) is 2. The van der Waals surface area contributed by atoms with E-state index in [2.05, 4.69) is 16.3 Å². The summed E-state index contributed by atoms with van der Waals surface area (Å²) in [5, 5.41) is 27.2. The zero-order valence-corrected chi connectivity index (χ0v) is 14.5. The number of thioether (sulfide) groups is 1. The van der Waals surface area contributed by atoms with Gasteiger partial charge in [-0.25, -0.2) is 0 Å². The van der Waals surface area contributed by atoms with Crippen molar-refractivity contribution in [3.63, 3.8) is 0 Å². The highest BCUT2D eigenvalue weighted by molar-refractivity contribution is 7.99. The lowest BCUT2D eigenvalue weighted by Crippen LogP contribution is -2.02. The smallest absolute Gasteiger partial charge is 0.277 e. The third-order valence-corrected chi connectivity index (χ3v) is 4.30. The van der Waals surface area contributed by atoms with Gasteiger partial charge in [-0.1, -0.05) is 29.0 Å². The van der Waals surface area contributed by atoms with Gasteiger partial charge in [0.1, 0.15) is 11.5 Å². The maximum atomic E-state index is 12.2. The minimum Gasteiger partial charge on any atom is -0.508 e. The maximum Gasteiger partial charge on any atom is 0.277 e. The Morgan fingerprint density at radius 2 is 1.80 bits per heavy atom. The molecule has 2 N–H and O–H groups in total. The molecule has 0 saturated heterocycles. The van der Waals surface area contributed by atoms with Gasteiger partial charge < -0.3 is 14.6 Å². The minimum absolute atomic E-state index is 0.0345. The van der Waals surface area contributed by atoms with Gasteiger partial charge in [-0.15, -0.1) is 10.2 Å². The molecule has 0 aliphatic rings. The molecule has 6 nitrogen and oxygen atoms in total. The van der Waals surface area contributed by atoms with Gasteiger partial charge in [-0.2, -0.15) is 0 Å². The second-order valence-electron chi connectivity index (χ2n) is 5.66. The molecule has 0 atom stereocenters. The molecule has 3 aromatic rings. The van der Waals surface area contributed by atoms with Crippen LogP contribution in [-0.4, -0.2) is 31.9 Å². The lowest BCUT2D eigenvalue weighted by molar-refractivity contribution is 0.101. The molecule has 0 unspecified atom stereocenters.